The summed E-state index contributed by atoms with van der Waals surface area (Å²) in [5.41, 5.74) is 3.79. The van der Waals surface area contributed by atoms with Crippen LogP contribution in [0, 0.1) is 0 Å². The number of rotatable bonds is 4. The van der Waals surface area contributed by atoms with Crippen molar-refractivity contribution < 1.29 is 4.39 Å². The molecule has 2 aromatic carbocycles. The van der Waals surface area contributed by atoms with Crippen LogP contribution in [0.5, 0.6) is 0 Å². The molecule has 2 atom stereocenters. The largest absolute Gasteiger partial charge is 0.324 e. The average Bonchev–Trinajstić information content (AvgIpc) is 3.65. The fourth-order valence-electron chi connectivity index (χ4n) is 5.64. The summed E-state index contributed by atoms with van der Waals surface area (Å²) in [6.07, 6.45) is 6.56. The minimum absolute atomic E-state index is 0.297. The normalized spacial score (nSPS) is 19.4. The number of alkyl halides is 1. The minimum atomic E-state index is -0.714. The number of nitrogens with zero attached hydrogens (tertiary/aromatic N) is 6. The smallest absolute Gasteiger partial charge is 0.270 e. The third-order valence-corrected chi connectivity index (χ3v) is 8.07. The van der Waals surface area contributed by atoms with Crippen molar-refractivity contribution >= 4 is 51.6 Å². The number of nitrogens with one attached hydrogen (secondary N) is 1. The first-order valence-corrected chi connectivity index (χ1v) is 13.2. The van der Waals surface area contributed by atoms with Gasteiger partial charge in [0.1, 0.15) is 11.6 Å². The van der Waals surface area contributed by atoms with Crippen LogP contribution < -0.4 is 10.9 Å². The van der Waals surface area contributed by atoms with E-state index < -0.39 is 6.17 Å². The van der Waals surface area contributed by atoms with Crippen molar-refractivity contribution in [1.82, 2.24) is 28.8 Å². The van der Waals surface area contributed by atoms with Gasteiger partial charge in [-0.25, -0.2) is 18.9 Å². The molecule has 11 heteroatoms. The van der Waals surface area contributed by atoms with Crippen molar-refractivity contribution in [2.24, 2.45) is 0 Å². The van der Waals surface area contributed by atoms with Crippen LogP contribution in [0.15, 0.2) is 59.8 Å². The molecule has 4 heterocycles. The maximum absolute atomic E-state index is 13.7. The van der Waals surface area contributed by atoms with Crippen molar-refractivity contribution in [3.63, 3.8) is 0 Å². The quantitative estimate of drug-likeness (QED) is 0.340. The van der Waals surface area contributed by atoms with E-state index in [2.05, 4.69) is 37.3 Å². The second-order valence-electron chi connectivity index (χ2n) is 9.79. The van der Waals surface area contributed by atoms with E-state index in [1.807, 2.05) is 6.07 Å². The third-order valence-electron chi connectivity index (χ3n) is 7.46. The molecule has 3 aromatic heterocycles. The molecule has 0 bridgehead atoms. The zero-order chi connectivity index (χ0) is 26.0. The van der Waals surface area contributed by atoms with Gasteiger partial charge in [0.2, 0.25) is 11.7 Å². The number of hydrogen-bond acceptors (Lipinski definition) is 6. The first-order valence-electron chi connectivity index (χ1n) is 12.4. The molecule has 38 heavy (non-hydrogen) atoms. The van der Waals surface area contributed by atoms with Crippen LogP contribution in [0.3, 0.4) is 0 Å². The van der Waals surface area contributed by atoms with Gasteiger partial charge >= 0.3 is 0 Å². The molecule has 8 nitrogen and oxygen atoms in total. The van der Waals surface area contributed by atoms with Crippen LogP contribution in [0.25, 0.3) is 22.5 Å². The van der Waals surface area contributed by atoms with Gasteiger partial charge in [0, 0.05) is 43.4 Å². The van der Waals surface area contributed by atoms with Crippen LogP contribution in [0.4, 0.5) is 16.0 Å². The summed E-state index contributed by atoms with van der Waals surface area (Å²) in [4.78, 5) is 29.3. The third kappa shape index (κ3) is 3.84. The summed E-state index contributed by atoms with van der Waals surface area (Å²) in [7, 11) is 0. The zero-order valence-corrected chi connectivity index (χ0v) is 21.6. The topological polar surface area (TPSA) is 80.3 Å². The summed E-state index contributed by atoms with van der Waals surface area (Å²) in [6.45, 7) is 1.35. The van der Waals surface area contributed by atoms with Crippen molar-refractivity contribution in [2.75, 3.05) is 18.4 Å². The highest BCUT2D eigenvalue weighted by atomic mass is 35.5. The van der Waals surface area contributed by atoms with E-state index in [9.17, 15) is 9.18 Å². The second kappa shape index (κ2) is 9.04. The number of benzene rings is 2. The van der Waals surface area contributed by atoms with E-state index in [0.29, 0.717) is 57.5 Å². The Morgan fingerprint density at radius 1 is 1.05 bits per heavy atom. The van der Waals surface area contributed by atoms with Crippen LogP contribution in [-0.4, -0.2) is 54.1 Å². The Labute approximate surface area is 226 Å². The number of imidazole rings is 1. The van der Waals surface area contributed by atoms with E-state index in [1.165, 1.54) is 21.9 Å². The van der Waals surface area contributed by atoms with Gasteiger partial charge in [-0.1, -0.05) is 35.3 Å². The standard InChI is InChI=1S/C27H22Cl2FN7O/c28-21-2-1-3-22(29)23(21)37-25(38)20-13-32-26(34-24(20)36-9-7-31-27(36)37)33-18-5-4-15-11-19(12-16(15)10-18)35-8-6-17(30)14-35/h1-5,7,9-10,13,17,19H,6,8,11-12,14H2,(H,32,33,34)/t17-,19?/m0/s1. The molecule has 2 aliphatic rings. The lowest BCUT2D eigenvalue weighted by Gasteiger charge is -2.22. The Kier molecular flexibility index (Phi) is 5.61. The molecule has 192 valence electrons. The Balaban J connectivity index is 1.24. The monoisotopic (exact) mass is 549 g/mol. The maximum Gasteiger partial charge on any atom is 0.270 e. The van der Waals surface area contributed by atoms with Gasteiger partial charge in [-0.15, -0.1) is 0 Å². The highest BCUT2D eigenvalue weighted by Crippen LogP contribution is 2.32. The Morgan fingerprint density at radius 3 is 2.66 bits per heavy atom. The first-order chi connectivity index (χ1) is 18.5. The molecule has 5 aromatic rings. The van der Waals surface area contributed by atoms with Crippen LogP contribution in [-0.2, 0) is 12.8 Å². The molecule has 0 amide bonds. The van der Waals surface area contributed by atoms with Crippen LogP contribution in [0.1, 0.15) is 17.5 Å². The lowest BCUT2D eigenvalue weighted by Crippen LogP contribution is -2.34. The van der Waals surface area contributed by atoms with Crippen molar-refractivity contribution in [3.05, 3.63) is 86.5 Å². The van der Waals surface area contributed by atoms with E-state index >= 15 is 0 Å². The number of halogens is 3. The number of likely N-dealkylation sites (tertiary alicyclic amines) is 1. The molecule has 0 saturated carbocycles. The molecule has 0 spiro atoms. The van der Waals surface area contributed by atoms with Crippen molar-refractivity contribution in [1.29, 1.82) is 0 Å². The van der Waals surface area contributed by atoms with Gasteiger partial charge in [0.05, 0.1) is 15.7 Å². The maximum atomic E-state index is 13.7. The minimum Gasteiger partial charge on any atom is -0.324 e. The van der Waals surface area contributed by atoms with Crippen molar-refractivity contribution in [2.45, 2.75) is 31.5 Å². The number of para-hydroxylation sites is 1. The molecule has 1 aliphatic heterocycles. The Hall–Kier alpha value is -3.53. The average molecular weight is 550 g/mol. The van der Waals surface area contributed by atoms with E-state index in [1.54, 1.807) is 35.0 Å². The molecule has 1 N–H and O–H groups in total. The Morgan fingerprint density at radius 2 is 1.87 bits per heavy atom. The number of anilines is 2. The molecular weight excluding hydrogens is 528 g/mol. The molecule has 1 fully saturated rings. The van der Waals surface area contributed by atoms with Gasteiger partial charge in [0.15, 0.2) is 5.65 Å². The fourth-order valence-corrected chi connectivity index (χ4v) is 6.21. The van der Waals surface area contributed by atoms with Gasteiger partial charge in [0.25, 0.3) is 5.56 Å². The van der Waals surface area contributed by atoms with Crippen molar-refractivity contribution in [3.8, 4) is 5.69 Å². The molecular formula is C27H22Cl2FN7O. The molecule has 1 saturated heterocycles. The lowest BCUT2D eigenvalue weighted by atomic mass is 10.1. The Bertz CT molecular complexity index is 1770. The summed E-state index contributed by atoms with van der Waals surface area (Å²) >= 11 is 12.8. The second-order valence-corrected chi connectivity index (χ2v) is 10.6. The highest BCUT2D eigenvalue weighted by molar-refractivity contribution is 6.37. The molecule has 1 unspecified atom stereocenters. The highest BCUT2D eigenvalue weighted by Gasteiger charge is 2.32. The van der Waals surface area contributed by atoms with Crippen LogP contribution >= 0.6 is 23.2 Å². The first kappa shape index (κ1) is 23.6. The zero-order valence-electron chi connectivity index (χ0n) is 20.1. The molecule has 1 aliphatic carbocycles. The summed E-state index contributed by atoms with van der Waals surface area (Å²) in [5, 5.41) is 4.23. The van der Waals surface area contributed by atoms with Gasteiger partial charge < -0.3 is 5.32 Å². The predicted molar refractivity (Wildman–Crippen MR) is 146 cm³/mol. The van der Waals surface area contributed by atoms with Gasteiger partial charge in [-0.2, -0.15) is 4.98 Å². The summed E-state index contributed by atoms with van der Waals surface area (Å²) in [6, 6.07) is 11.6. The molecule has 7 rings (SSSR count). The summed E-state index contributed by atoms with van der Waals surface area (Å²) in [5.74, 6) is 0.692. The van der Waals surface area contributed by atoms with E-state index in [-0.39, 0.29) is 5.56 Å². The number of hydrogen-bond donors (Lipinski definition) is 1. The van der Waals surface area contributed by atoms with E-state index in [4.69, 9.17) is 23.2 Å². The lowest BCUT2D eigenvalue weighted by molar-refractivity contribution is 0.226. The molecule has 0 radical (unpaired) electrons. The predicted octanol–water partition coefficient (Wildman–Crippen LogP) is 4.99. The fraction of sp³-hybridized carbons (Fsp3) is 0.259. The van der Waals surface area contributed by atoms with Crippen LogP contribution in [0.2, 0.25) is 10.0 Å². The van der Waals surface area contributed by atoms with E-state index in [0.717, 1.165) is 25.1 Å². The number of aromatic nitrogens is 5. The number of fused-ring (bicyclic) bond motifs is 4. The van der Waals surface area contributed by atoms with Gasteiger partial charge in [-0.05, 0) is 54.7 Å². The SMILES string of the molecule is O=c1c2cnc(Nc3ccc4c(c3)CC(N3CC[C@H](F)C3)C4)nc2n2ccnc2n1-c1c(Cl)cccc1Cl. The summed E-state index contributed by atoms with van der Waals surface area (Å²) < 4.78 is 16.8. The van der Waals surface area contributed by atoms with Gasteiger partial charge in [-0.3, -0.25) is 14.1 Å².